The second-order valence-electron chi connectivity index (χ2n) is 2.38. The van der Waals surface area contributed by atoms with E-state index in [4.69, 9.17) is 0 Å². The van der Waals surface area contributed by atoms with Crippen LogP contribution in [0.1, 0.15) is 6.92 Å². The number of benzene rings is 1. The van der Waals surface area contributed by atoms with Gasteiger partial charge in [0.15, 0.2) is 0 Å². The molecule has 1 rings (SSSR count). The number of allylic oxidation sites excluding steroid dienone is 1. The first-order valence-corrected chi connectivity index (χ1v) is 3.79. The van der Waals surface area contributed by atoms with E-state index in [-0.39, 0.29) is 0 Å². The van der Waals surface area contributed by atoms with Crippen molar-refractivity contribution in [2.45, 2.75) is 6.92 Å². The fourth-order valence-electron chi connectivity index (χ4n) is 0.652. The molecule has 0 radical (unpaired) electrons. The Balaban J connectivity index is 0.000000673. The Labute approximate surface area is 86.8 Å². The molecule has 0 aliphatic rings. The average molecular weight is 244 g/mol. The lowest BCUT2D eigenvalue weighted by atomic mass is 10.3. The van der Waals surface area contributed by atoms with Crippen molar-refractivity contribution in [1.29, 1.82) is 0 Å². The van der Waals surface area contributed by atoms with Crippen LogP contribution in [0, 0.1) is 29.1 Å². The van der Waals surface area contributed by atoms with Crippen LogP contribution in [0.15, 0.2) is 12.7 Å². The molecular formula is C9H6F6O. The molecule has 0 saturated carbocycles. The van der Waals surface area contributed by atoms with Crippen molar-refractivity contribution in [1.82, 2.24) is 0 Å². The molecule has 0 unspecified atom stereocenters. The lowest BCUT2D eigenvalue weighted by Crippen LogP contribution is -2.02. The minimum Gasteiger partial charge on any atom is -0.288 e. The quantitative estimate of drug-likeness (QED) is 0.315. The van der Waals surface area contributed by atoms with Crippen molar-refractivity contribution in [2.75, 3.05) is 0 Å². The molecule has 0 aliphatic carbocycles. The molecule has 0 amide bonds. The Bertz CT molecular complexity index is 361. The summed E-state index contributed by atoms with van der Waals surface area (Å²) < 4.78 is 72.5. The van der Waals surface area contributed by atoms with Crippen LogP contribution >= 0.6 is 0 Å². The third-order valence-electron chi connectivity index (χ3n) is 1.25. The van der Waals surface area contributed by atoms with Crippen LogP contribution in [0.2, 0.25) is 0 Å². The maximum Gasteiger partial charge on any atom is 0.249 e. The van der Waals surface area contributed by atoms with Crippen LogP contribution in [0.3, 0.4) is 0 Å². The molecule has 1 nitrogen and oxygen atoms in total. The Kier molecular flexibility index (Phi) is 5.41. The first-order valence-electron chi connectivity index (χ1n) is 3.79. The van der Waals surface area contributed by atoms with Crippen molar-refractivity contribution in [3.63, 3.8) is 0 Å². The first-order chi connectivity index (χ1) is 7.42. The molecule has 1 aromatic carbocycles. The number of hydrogen-bond acceptors (Lipinski definition) is 1. The molecule has 90 valence electrons. The second kappa shape index (κ2) is 6.04. The van der Waals surface area contributed by atoms with E-state index in [1.165, 1.54) is 0 Å². The molecule has 0 bridgehead atoms. The Morgan fingerprint density at radius 3 is 1.38 bits per heavy atom. The third-order valence-corrected chi connectivity index (χ3v) is 1.25. The van der Waals surface area contributed by atoms with Gasteiger partial charge in [-0.15, -0.1) is 6.58 Å². The summed E-state index contributed by atoms with van der Waals surface area (Å²) in [6.45, 7) is 5.25. The summed E-state index contributed by atoms with van der Waals surface area (Å²) in [5.41, 5.74) is 0. The molecule has 0 saturated heterocycles. The molecule has 16 heavy (non-hydrogen) atoms. The van der Waals surface area contributed by atoms with E-state index in [9.17, 15) is 26.5 Å². The number of hydrogen-bond donors (Lipinski definition) is 0. The van der Waals surface area contributed by atoms with Crippen molar-refractivity contribution in [3.8, 4) is 5.75 Å². The van der Waals surface area contributed by atoms with Crippen LogP contribution < -0.4 is 4.94 Å². The minimum atomic E-state index is -2.36. The monoisotopic (exact) mass is 244 g/mol. The van der Waals surface area contributed by atoms with Crippen LogP contribution in [-0.2, 0) is 0 Å². The van der Waals surface area contributed by atoms with Gasteiger partial charge in [-0.05, 0) is 6.92 Å². The normalized spacial score (nSPS) is 9.19. The smallest absolute Gasteiger partial charge is 0.249 e. The second-order valence-corrected chi connectivity index (χ2v) is 2.38. The fraction of sp³-hybridized carbons (Fsp3) is 0.111. The van der Waals surface area contributed by atoms with Gasteiger partial charge in [0, 0.05) is 4.53 Å². The van der Waals surface area contributed by atoms with E-state index in [1.54, 1.807) is 6.08 Å². The summed E-state index contributed by atoms with van der Waals surface area (Å²) in [6, 6.07) is 0. The van der Waals surface area contributed by atoms with Crippen molar-refractivity contribution in [3.05, 3.63) is 41.7 Å². The highest BCUT2D eigenvalue weighted by atomic mass is 19.3. The van der Waals surface area contributed by atoms with E-state index >= 15 is 0 Å². The molecule has 0 aliphatic heterocycles. The fourth-order valence-corrected chi connectivity index (χ4v) is 0.652. The zero-order valence-electron chi connectivity index (χ0n) is 7.96. The van der Waals surface area contributed by atoms with Gasteiger partial charge in [-0.2, -0.15) is 8.78 Å². The van der Waals surface area contributed by atoms with Gasteiger partial charge in [-0.3, -0.25) is 4.94 Å². The zero-order valence-corrected chi connectivity index (χ0v) is 7.96. The number of rotatable bonds is 1. The molecular weight excluding hydrogens is 238 g/mol. The Hall–Kier alpha value is -1.66. The molecule has 0 aromatic heterocycles. The lowest BCUT2D eigenvalue weighted by Gasteiger charge is -2.02. The van der Waals surface area contributed by atoms with Crippen molar-refractivity contribution < 1.29 is 31.4 Å². The summed E-state index contributed by atoms with van der Waals surface area (Å²) in [6.07, 6.45) is 1.75. The maximum atomic E-state index is 12.3. The zero-order chi connectivity index (χ0) is 12.9. The highest BCUT2D eigenvalue weighted by molar-refractivity contribution is 5.29. The standard InChI is InChI=1S/C6F6O.C3H6/c7-1-2(8)4(10)6(13-12)5(11)3(1)9;1-3-2/h;3H,1H2,2H3. The van der Waals surface area contributed by atoms with E-state index in [2.05, 4.69) is 11.5 Å². The highest BCUT2D eigenvalue weighted by Gasteiger charge is 2.27. The molecule has 0 N–H and O–H groups in total. The van der Waals surface area contributed by atoms with Gasteiger partial charge in [0.1, 0.15) is 0 Å². The van der Waals surface area contributed by atoms with Crippen LogP contribution in [-0.4, -0.2) is 0 Å². The van der Waals surface area contributed by atoms with Gasteiger partial charge in [-0.25, -0.2) is 13.2 Å². The Morgan fingerprint density at radius 1 is 0.875 bits per heavy atom. The van der Waals surface area contributed by atoms with Crippen LogP contribution in [0.4, 0.5) is 26.5 Å². The summed E-state index contributed by atoms with van der Waals surface area (Å²) in [5, 5.41) is 0. The predicted octanol–water partition coefficient (Wildman–Crippen LogP) is 3.84. The summed E-state index contributed by atoms with van der Waals surface area (Å²) in [7, 11) is 0. The van der Waals surface area contributed by atoms with E-state index in [0.29, 0.717) is 0 Å². The van der Waals surface area contributed by atoms with E-state index in [1.807, 2.05) is 6.92 Å². The summed E-state index contributed by atoms with van der Waals surface area (Å²) in [5.74, 6) is -13.5. The molecule has 0 heterocycles. The van der Waals surface area contributed by atoms with E-state index in [0.717, 1.165) is 0 Å². The maximum absolute atomic E-state index is 12.3. The van der Waals surface area contributed by atoms with Gasteiger partial charge >= 0.3 is 0 Å². The minimum absolute atomic E-state index is 1.75. The SMILES string of the molecule is C=CC.FOc1c(F)c(F)c(F)c(F)c1F. The first kappa shape index (κ1) is 14.3. The molecule has 0 fully saturated rings. The van der Waals surface area contributed by atoms with Gasteiger partial charge in [0.2, 0.25) is 34.8 Å². The van der Waals surface area contributed by atoms with Crippen LogP contribution in [0.5, 0.6) is 5.75 Å². The molecule has 0 spiro atoms. The average Bonchev–Trinajstić information content (AvgIpc) is 2.26. The van der Waals surface area contributed by atoms with Gasteiger partial charge < -0.3 is 0 Å². The molecule has 1 aromatic rings. The number of halogens is 6. The van der Waals surface area contributed by atoms with Crippen LogP contribution in [0.25, 0.3) is 0 Å². The summed E-state index contributed by atoms with van der Waals surface area (Å²) >= 11 is 0. The van der Waals surface area contributed by atoms with Crippen molar-refractivity contribution >= 4 is 0 Å². The topological polar surface area (TPSA) is 9.23 Å². The van der Waals surface area contributed by atoms with Gasteiger partial charge in [0.25, 0.3) is 0 Å². The van der Waals surface area contributed by atoms with Gasteiger partial charge in [-0.1, -0.05) is 6.08 Å². The lowest BCUT2D eigenvalue weighted by molar-refractivity contribution is -0.0173. The van der Waals surface area contributed by atoms with Gasteiger partial charge in [0.05, 0.1) is 0 Å². The molecule has 7 heteroatoms. The largest absolute Gasteiger partial charge is 0.288 e. The molecule has 0 atom stereocenters. The predicted molar refractivity (Wildman–Crippen MR) is 43.8 cm³/mol. The Morgan fingerprint density at radius 2 is 1.12 bits per heavy atom. The highest BCUT2D eigenvalue weighted by Crippen LogP contribution is 2.28. The summed E-state index contributed by atoms with van der Waals surface area (Å²) in [4.78, 5) is 2.50. The van der Waals surface area contributed by atoms with Crippen molar-refractivity contribution in [2.24, 2.45) is 0 Å². The third kappa shape index (κ3) is 2.68. The van der Waals surface area contributed by atoms with E-state index < -0.39 is 34.8 Å².